The first-order valence-electron chi connectivity index (χ1n) is 4.73. The number of benzene rings is 1. The third-order valence-corrected chi connectivity index (χ3v) is 3.41. The molecule has 1 N–H and O–H groups in total. The van der Waals surface area contributed by atoms with E-state index < -0.39 is 26.6 Å². The van der Waals surface area contributed by atoms with Crippen LogP contribution in [-0.2, 0) is 10.0 Å². The molecule has 0 spiro atoms. The average Bonchev–Trinajstić information content (AvgIpc) is 2.28. The highest BCUT2D eigenvalue weighted by Crippen LogP contribution is 2.20. The van der Waals surface area contributed by atoms with Gasteiger partial charge in [-0.2, -0.15) is 0 Å². The summed E-state index contributed by atoms with van der Waals surface area (Å²) < 4.78 is 52.3. The minimum absolute atomic E-state index is 0.0762. The van der Waals surface area contributed by atoms with E-state index in [0.717, 1.165) is 24.5 Å². The zero-order chi connectivity index (χ0) is 13.2. The van der Waals surface area contributed by atoms with E-state index in [4.69, 9.17) is 0 Å². The molecule has 94 valence electrons. The van der Waals surface area contributed by atoms with Crippen LogP contribution < -0.4 is 4.72 Å². The second kappa shape index (κ2) is 4.65. The first kappa shape index (κ1) is 12.4. The molecular weight excluding hydrogens is 264 g/mol. The van der Waals surface area contributed by atoms with E-state index in [1.165, 1.54) is 12.3 Å². The van der Waals surface area contributed by atoms with Crippen LogP contribution in [0.1, 0.15) is 0 Å². The summed E-state index contributed by atoms with van der Waals surface area (Å²) in [5.41, 5.74) is 0. The molecule has 0 aliphatic rings. The largest absolute Gasteiger partial charge is 0.268 e. The predicted molar refractivity (Wildman–Crippen MR) is 59.2 cm³/mol. The Hall–Kier alpha value is -2.09. The topological polar surface area (TPSA) is 72.0 Å². The van der Waals surface area contributed by atoms with E-state index in [-0.39, 0.29) is 5.82 Å². The zero-order valence-electron chi connectivity index (χ0n) is 8.84. The average molecular weight is 271 g/mol. The zero-order valence-corrected chi connectivity index (χ0v) is 9.66. The van der Waals surface area contributed by atoms with Gasteiger partial charge < -0.3 is 0 Å². The lowest BCUT2D eigenvalue weighted by atomic mass is 10.3. The van der Waals surface area contributed by atoms with Crippen LogP contribution in [0.2, 0.25) is 0 Å². The van der Waals surface area contributed by atoms with Crippen molar-refractivity contribution >= 4 is 15.8 Å². The van der Waals surface area contributed by atoms with Gasteiger partial charge in [-0.1, -0.05) is 6.07 Å². The molecule has 5 nitrogen and oxygen atoms in total. The van der Waals surface area contributed by atoms with Gasteiger partial charge >= 0.3 is 0 Å². The Morgan fingerprint density at radius 1 is 1.11 bits per heavy atom. The van der Waals surface area contributed by atoms with Crippen molar-refractivity contribution in [1.29, 1.82) is 0 Å². The van der Waals surface area contributed by atoms with E-state index in [2.05, 4.69) is 9.97 Å². The molecule has 0 atom stereocenters. The molecule has 0 radical (unpaired) electrons. The van der Waals surface area contributed by atoms with E-state index >= 15 is 0 Å². The van der Waals surface area contributed by atoms with Gasteiger partial charge in [-0.3, -0.25) is 4.72 Å². The van der Waals surface area contributed by atoms with Gasteiger partial charge in [-0.05, 0) is 18.2 Å². The molecule has 0 saturated carbocycles. The lowest BCUT2D eigenvalue weighted by molar-refractivity contribution is 0.521. The Balaban J connectivity index is 2.44. The number of nitrogens with zero attached hydrogens (tertiary/aromatic N) is 2. The fraction of sp³-hybridized carbons (Fsp3) is 0. The Kier molecular flexibility index (Phi) is 3.19. The van der Waals surface area contributed by atoms with Crippen molar-refractivity contribution in [1.82, 2.24) is 9.97 Å². The smallest absolute Gasteiger partial charge is 0.263 e. The first-order chi connectivity index (χ1) is 8.50. The summed E-state index contributed by atoms with van der Waals surface area (Å²) in [6.45, 7) is 0. The maximum Gasteiger partial charge on any atom is 0.268 e. The third-order valence-electron chi connectivity index (χ3n) is 2.01. The van der Waals surface area contributed by atoms with E-state index in [1.54, 1.807) is 0 Å². The van der Waals surface area contributed by atoms with E-state index in [0.29, 0.717) is 0 Å². The summed E-state index contributed by atoms with van der Waals surface area (Å²) in [6.07, 6.45) is 2.40. The maximum atomic E-state index is 13.4. The molecule has 0 saturated heterocycles. The first-order valence-corrected chi connectivity index (χ1v) is 6.22. The molecule has 0 unspecified atom stereocenters. The van der Waals surface area contributed by atoms with Crippen molar-refractivity contribution in [3.05, 3.63) is 48.4 Å². The van der Waals surface area contributed by atoms with Gasteiger partial charge in [0, 0.05) is 6.20 Å². The van der Waals surface area contributed by atoms with Crippen LogP contribution in [0.25, 0.3) is 0 Å². The molecule has 0 aliphatic carbocycles. The van der Waals surface area contributed by atoms with Crippen LogP contribution in [0.3, 0.4) is 0 Å². The van der Waals surface area contributed by atoms with Gasteiger partial charge in [-0.15, -0.1) is 0 Å². The van der Waals surface area contributed by atoms with Crippen molar-refractivity contribution in [2.75, 3.05) is 4.72 Å². The van der Waals surface area contributed by atoms with Gasteiger partial charge in [0.15, 0.2) is 4.90 Å². The standard InChI is InChI=1S/C10H7F2N3O2S/c11-7-2-1-3-8(12)10(7)18(16,17)15-9-4-5-13-6-14-9/h1-6H,(H,13,14,15). The van der Waals surface area contributed by atoms with Crippen molar-refractivity contribution in [3.8, 4) is 0 Å². The molecule has 0 amide bonds. The van der Waals surface area contributed by atoms with Crippen LogP contribution >= 0.6 is 0 Å². The number of hydrogen-bond donors (Lipinski definition) is 1. The van der Waals surface area contributed by atoms with Gasteiger partial charge in [0.2, 0.25) is 0 Å². The second-order valence-electron chi connectivity index (χ2n) is 3.25. The summed E-state index contributed by atoms with van der Waals surface area (Å²) in [7, 11) is -4.36. The summed E-state index contributed by atoms with van der Waals surface area (Å²) in [6, 6.07) is 4.06. The molecular formula is C10H7F2N3O2S. The molecule has 1 aromatic carbocycles. The summed E-state index contributed by atoms with van der Waals surface area (Å²) in [4.78, 5) is 6.15. The normalized spacial score (nSPS) is 11.2. The molecule has 0 fully saturated rings. The van der Waals surface area contributed by atoms with Crippen LogP contribution in [0, 0.1) is 11.6 Å². The summed E-state index contributed by atoms with van der Waals surface area (Å²) in [5.74, 6) is -2.42. The molecule has 0 bridgehead atoms. The number of hydrogen-bond acceptors (Lipinski definition) is 4. The molecule has 1 aromatic heterocycles. The van der Waals surface area contributed by atoms with Gasteiger partial charge in [0.05, 0.1) is 0 Å². The number of halogens is 2. The molecule has 0 aliphatic heterocycles. The van der Waals surface area contributed by atoms with Crippen LogP contribution in [0.4, 0.5) is 14.6 Å². The van der Waals surface area contributed by atoms with Crippen LogP contribution in [0.15, 0.2) is 41.7 Å². The quantitative estimate of drug-likeness (QED) is 0.919. The Morgan fingerprint density at radius 2 is 1.78 bits per heavy atom. The van der Waals surface area contributed by atoms with Gasteiger partial charge in [0.25, 0.3) is 10.0 Å². The van der Waals surface area contributed by atoms with Crippen molar-refractivity contribution in [3.63, 3.8) is 0 Å². The monoisotopic (exact) mass is 271 g/mol. The van der Waals surface area contributed by atoms with Crippen LogP contribution in [0.5, 0.6) is 0 Å². The van der Waals surface area contributed by atoms with Gasteiger partial charge in [0.1, 0.15) is 23.8 Å². The van der Waals surface area contributed by atoms with Crippen LogP contribution in [-0.4, -0.2) is 18.4 Å². The van der Waals surface area contributed by atoms with Crippen molar-refractivity contribution < 1.29 is 17.2 Å². The minimum atomic E-state index is -4.36. The fourth-order valence-corrected chi connectivity index (χ4v) is 2.43. The Morgan fingerprint density at radius 3 is 2.33 bits per heavy atom. The predicted octanol–water partition coefficient (Wildman–Crippen LogP) is 1.56. The lowest BCUT2D eigenvalue weighted by Crippen LogP contribution is -2.17. The summed E-state index contributed by atoms with van der Waals surface area (Å²) in [5, 5.41) is 0. The fourth-order valence-electron chi connectivity index (χ4n) is 1.28. The van der Waals surface area contributed by atoms with Gasteiger partial charge in [-0.25, -0.2) is 27.2 Å². The third kappa shape index (κ3) is 2.43. The van der Waals surface area contributed by atoms with E-state index in [1.807, 2.05) is 4.72 Å². The number of sulfonamides is 1. The Bertz CT molecular complexity index is 642. The molecule has 2 rings (SSSR count). The molecule has 18 heavy (non-hydrogen) atoms. The van der Waals surface area contributed by atoms with Crippen molar-refractivity contribution in [2.24, 2.45) is 0 Å². The second-order valence-corrected chi connectivity index (χ2v) is 4.87. The number of rotatable bonds is 3. The molecule has 2 aromatic rings. The summed E-state index contributed by atoms with van der Waals surface area (Å²) >= 11 is 0. The van der Waals surface area contributed by atoms with Crippen molar-refractivity contribution in [2.45, 2.75) is 4.90 Å². The maximum absolute atomic E-state index is 13.4. The highest BCUT2D eigenvalue weighted by Gasteiger charge is 2.24. The highest BCUT2D eigenvalue weighted by molar-refractivity contribution is 7.92. The number of nitrogens with one attached hydrogen (secondary N) is 1. The lowest BCUT2D eigenvalue weighted by Gasteiger charge is -2.08. The highest BCUT2D eigenvalue weighted by atomic mass is 32.2. The number of aromatic nitrogens is 2. The molecule has 1 heterocycles. The molecule has 8 heteroatoms. The SMILES string of the molecule is O=S(=O)(Nc1ccncn1)c1c(F)cccc1F. The van der Waals surface area contributed by atoms with E-state index in [9.17, 15) is 17.2 Å². The minimum Gasteiger partial charge on any atom is -0.263 e. The Labute approximate surface area is 102 Å². The number of anilines is 1.